The zero-order chi connectivity index (χ0) is 67.3. The Hall–Kier alpha value is -6.01. The predicted molar refractivity (Wildman–Crippen MR) is 353 cm³/mol. The Morgan fingerprint density at radius 1 is 0.892 bits per heavy atom. The van der Waals surface area contributed by atoms with E-state index in [0.29, 0.717) is 101 Å². The highest BCUT2D eigenvalue weighted by molar-refractivity contribution is 6.39. The fourth-order valence-electron chi connectivity index (χ4n) is 14.1. The standard InChI is InChI=1S/C71H100ClN7O14/c1-42-15-11-10-12-16-43(2)58(91-34-27-54(50-20-22-51(72)23-21-50)77-69(87)70(73)28-32-78(33-29-70)66-53-26-30-74-65(53)75-41-76-66)39-52-24-18-48(7)71(88,93-52)64(84)67(85)79-31-14-13-17-55(79)68(86)92-59(45(4)37-49-19-25-56(80)60(38-49)89-8)40-57(81)44(3)36-47(6)62(83)63(90-9)61(82)46(5)35-42/h10-12,15-16,20-23,26,30,36,41-42,44-46,48-49,52,54-56,58-60,62-63,80,83,88H,13-14,17-19,24-25,27-29,31-35,37-40,73H2,1-9H3,(H,77,87)(H,74,75,76)/b12-10+,15-11+,43-16-,47-36+/t42-,44-,45?,46-,48-,49-,52+,54+,55?,56-,58+,59+,60-,62-,63+,71-/m1/s1. The van der Waals surface area contributed by atoms with Crippen molar-refractivity contribution in [2.75, 3.05) is 45.4 Å². The number of nitrogens with two attached hydrogens (primary N) is 1. The number of aromatic nitrogens is 3. The molecule has 1 aromatic carbocycles. The molecule has 3 aromatic rings. The van der Waals surface area contributed by atoms with E-state index in [0.717, 1.165) is 28.0 Å². The minimum absolute atomic E-state index is 0.0266. The highest BCUT2D eigenvalue weighted by Crippen LogP contribution is 2.39. The molecule has 2 amide bonds. The third-order valence-electron chi connectivity index (χ3n) is 20.2. The van der Waals surface area contributed by atoms with Gasteiger partial charge in [-0.15, -0.1) is 0 Å². The molecular formula is C71H100ClN7O14. The van der Waals surface area contributed by atoms with Crippen molar-refractivity contribution in [3.63, 3.8) is 0 Å². The van der Waals surface area contributed by atoms with Gasteiger partial charge in [0.15, 0.2) is 5.78 Å². The van der Waals surface area contributed by atoms with E-state index in [4.69, 9.17) is 41.0 Å². The monoisotopic (exact) mass is 1310 g/mol. The number of carbonyl (C=O) groups is 6. The van der Waals surface area contributed by atoms with Crippen molar-refractivity contribution in [3.8, 4) is 0 Å². The fraction of sp³-hybridized carbons (Fsp3) is 0.634. The van der Waals surface area contributed by atoms with E-state index >= 15 is 0 Å². The molecule has 4 fully saturated rings. The first kappa shape index (κ1) is 72.8. The number of rotatable bonds is 13. The number of fused-ring (bicyclic) bond motifs is 4. The number of Topliss-reactive ketones (excluding diaryl/α,β-unsaturated/α-hetero) is 3. The Kier molecular flexibility index (Phi) is 25.9. The topological polar surface area (TPSA) is 295 Å². The molecule has 22 heteroatoms. The molecule has 21 nitrogen and oxygen atoms in total. The number of ether oxygens (including phenoxy) is 5. The van der Waals surface area contributed by atoms with Crippen molar-refractivity contribution in [2.45, 2.75) is 211 Å². The molecule has 1 saturated carbocycles. The molecule has 3 saturated heterocycles. The number of ketones is 3. The average molecular weight is 1310 g/mol. The van der Waals surface area contributed by atoms with E-state index in [9.17, 15) is 44.1 Å². The van der Waals surface area contributed by atoms with Crippen LogP contribution < -0.4 is 16.0 Å². The molecule has 6 heterocycles. The number of carbonyl (C=O) groups excluding carboxylic acids is 6. The molecule has 7 N–H and O–H groups in total. The van der Waals surface area contributed by atoms with Gasteiger partial charge in [-0.25, -0.2) is 14.8 Å². The highest BCUT2D eigenvalue weighted by atomic mass is 35.5. The van der Waals surface area contributed by atoms with Crippen LogP contribution in [-0.4, -0.2) is 171 Å². The molecule has 2 aromatic heterocycles. The van der Waals surface area contributed by atoms with Gasteiger partial charge < -0.3 is 64.8 Å². The zero-order valence-electron chi connectivity index (χ0n) is 55.7. The quantitative estimate of drug-likeness (QED) is 0.0529. The number of nitrogens with zero attached hydrogens (tertiary/aromatic N) is 4. The summed E-state index contributed by atoms with van der Waals surface area (Å²) in [6.45, 7) is 13.7. The first-order valence-corrected chi connectivity index (χ1v) is 33.9. The lowest BCUT2D eigenvalue weighted by atomic mass is 9.78. The zero-order valence-corrected chi connectivity index (χ0v) is 56.4. The van der Waals surface area contributed by atoms with Gasteiger partial charge in [-0.1, -0.05) is 94.8 Å². The van der Waals surface area contributed by atoms with E-state index in [1.54, 1.807) is 53.0 Å². The summed E-state index contributed by atoms with van der Waals surface area (Å²) in [4.78, 5) is 102. The second kappa shape index (κ2) is 33.1. The second-order valence-electron chi connectivity index (χ2n) is 27.2. The van der Waals surface area contributed by atoms with E-state index in [-0.39, 0.29) is 73.7 Å². The van der Waals surface area contributed by atoms with Gasteiger partial charge >= 0.3 is 5.97 Å². The number of aromatic amines is 1. The van der Waals surface area contributed by atoms with Crippen LogP contribution in [0.3, 0.4) is 0 Å². The lowest BCUT2D eigenvalue weighted by Crippen LogP contribution is -2.61. The minimum Gasteiger partial charge on any atom is -0.460 e. The Morgan fingerprint density at radius 2 is 1.63 bits per heavy atom. The SMILES string of the molecule is CO[C@@H]1C[C@@H](CC(C)[C@@H]2CC(=O)[C@H](C)/C=C(\C)[C@@H](O)[C@@H](OC)C(=O)[C@H](C)C[C@H](C)/C=C/C=C/C=C(/C)[C@@H](OCC[C@H](NC(=O)C3(N)CCN(c4ncnc5[nH]ccc45)CC3)c3ccc(Cl)cc3)C[C@@H]3CC[C@@H](C)[C@@](O)(O3)C(=O)C(=O)N3CCCCC3C(=O)O2)CC[C@H]1O. The average Bonchev–Trinajstić information content (AvgIpc) is 1.49. The lowest BCUT2D eigenvalue weighted by Gasteiger charge is -2.43. The largest absolute Gasteiger partial charge is 0.460 e. The first-order chi connectivity index (χ1) is 44.3. The van der Waals surface area contributed by atoms with Crippen LogP contribution in [0.4, 0.5) is 5.82 Å². The number of cyclic esters (lactones) is 1. The number of aliphatic hydroxyl groups is 3. The van der Waals surface area contributed by atoms with Crippen molar-refractivity contribution in [1.82, 2.24) is 25.2 Å². The lowest BCUT2D eigenvalue weighted by molar-refractivity contribution is -0.266. The smallest absolute Gasteiger partial charge is 0.329 e. The molecule has 5 aliphatic rings. The summed E-state index contributed by atoms with van der Waals surface area (Å²) in [5.74, 6) is -8.28. The number of H-pyrrole nitrogens is 1. The molecular weight excluding hydrogens is 1210 g/mol. The number of esters is 1. The third kappa shape index (κ3) is 18.3. The molecule has 510 valence electrons. The number of nitrogens with one attached hydrogen (secondary N) is 2. The predicted octanol–water partition coefficient (Wildman–Crippen LogP) is 8.72. The van der Waals surface area contributed by atoms with Crippen molar-refractivity contribution in [2.24, 2.45) is 41.2 Å². The van der Waals surface area contributed by atoms with Gasteiger partial charge in [-0.05, 0) is 150 Å². The molecule has 4 aliphatic heterocycles. The Bertz CT molecular complexity index is 3180. The molecule has 2 unspecified atom stereocenters. The van der Waals surface area contributed by atoms with Crippen LogP contribution in [-0.2, 0) is 52.5 Å². The second-order valence-corrected chi connectivity index (χ2v) is 27.6. The fourth-order valence-corrected chi connectivity index (χ4v) is 14.3. The molecule has 0 spiro atoms. The van der Waals surface area contributed by atoms with Gasteiger partial charge in [-0.2, -0.15) is 0 Å². The van der Waals surface area contributed by atoms with E-state index in [1.807, 2.05) is 75.5 Å². The number of hydrogen-bond donors (Lipinski definition) is 6. The molecule has 8 rings (SSSR count). The molecule has 16 atom stereocenters. The van der Waals surface area contributed by atoms with Crippen LogP contribution in [0.5, 0.6) is 0 Å². The van der Waals surface area contributed by atoms with Crippen molar-refractivity contribution in [1.29, 1.82) is 0 Å². The summed E-state index contributed by atoms with van der Waals surface area (Å²) < 4.78 is 30.9. The first-order valence-electron chi connectivity index (χ1n) is 33.5. The summed E-state index contributed by atoms with van der Waals surface area (Å²) in [5, 5.41) is 39.4. The molecule has 2 bridgehead atoms. The number of benzene rings is 1. The molecule has 93 heavy (non-hydrogen) atoms. The maximum Gasteiger partial charge on any atom is 0.329 e. The number of methoxy groups -OCH3 is 2. The summed E-state index contributed by atoms with van der Waals surface area (Å²) in [6, 6.07) is 7.38. The van der Waals surface area contributed by atoms with Crippen molar-refractivity contribution < 1.29 is 67.8 Å². The minimum atomic E-state index is -2.57. The third-order valence-corrected chi connectivity index (χ3v) is 20.5. The van der Waals surface area contributed by atoms with Crippen molar-refractivity contribution in [3.05, 3.63) is 101 Å². The van der Waals surface area contributed by atoms with Gasteiger partial charge in [0.05, 0.1) is 41.4 Å². The van der Waals surface area contributed by atoms with Crippen LogP contribution in [0.1, 0.15) is 156 Å². The Balaban J connectivity index is 1.05. The maximum absolute atomic E-state index is 14.8. The molecule has 0 radical (unpaired) electrons. The van der Waals surface area contributed by atoms with E-state index in [2.05, 4.69) is 25.2 Å². The summed E-state index contributed by atoms with van der Waals surface area (Å²) in [5.41, 5.74) is 8.42. The van der Waals surface area contributed by atoms with E-state index < -0.39 is 95.4 Å². The number of hydrogen-bond acceptors (Lipinski definition) is 18. The van der Waals surface area contributed by atoms with Gasteiger partial charge in [0, 0.05) is 82.3 Å². The van der Waals surface area contributed by atoms with Crippen LogP contribution in [0.2, 0.25) is 5.02 Å². The van der Waals surface area contributed by atoms with Crippen LogP contribution in [0, 0.1) is 35.5 Å². The number of aliphatic hydroxyl groups excluding tert-OH is 2. The summed E-state index contributed by atoms with van der Waals surface area (Å²) in [6.07, 6.45) is 14.0. The van der Waals surface area contributed by atoms with Gasteiger partial charge in [0.2, 0.25) is 11.7 Å². The Labute approximate surface area is 552 Å². The molecule has 1 aliphatic carbocycles. The van der Waals surface area contributed by atoms with Gasteiger partial charge in [0.1, 0.15) is 47.9 Å². The van der Waals surface area contributed by atoms with Gasteiger partial charge in [0.25, 0.3) is 11.7 Å². The number of piperidine rings is 2. The van der Waals surface area contributed by atoms with Crippen molar-refractivity contribution >= 4 is 63.6 Å². The van der Waals surface area contributed by atoms with E-state index in [1.165, 1.54) is 18.3 Å². The number of amides is 2. The number of anilines is 1. The van der Waals surface area contributed by atoms with Gasteiger partial charge in [-0.3, -0.25) is 24.0 Å². The number of halogens is 1. The van der Waals surface area contributed by atoms with Crippen LogP contribution >= 0.6 is 11.6 Å². The normalized spacial score (nSPS) is 33.7. The van der Waals surface area contributed by atoms with Crippen LogP contribution in [0.25, 0.3) is 11.0 Å². The summed E-state index contributed by atoms with van der Waals surface area (Å²) in [7, 11) is 2.93. The maximum atomic E-state index is 14.8. The van der Waals surface area contributed by atoms with Crippen LogP contribution in [0.15, 0.2) is 90.5 Å². The highest BCUT2D eigenvalue weighted by Gasteiger charge is 2.53. The summed E-state index contributed by atoms with van der Waals surface area (Å²) >= 11 is 6.38. The number of allylic oxidation sites excluding steroid dienone is 6. The Morgan fingerprint density at radius 3 is 2.35 bits per heavy atom.